The predicted octanol–water partition coefficient (Wildman–Crippen LogP) is 11.6. The third-order valence-electron chi connectivity index (χ3n) is 9.17. The predicted molar refractivity (Wildman–Crippen MR) is 180 cm³/mol. The fraction of sp³-hybridized carbons (Fsp3) is 0.657. The van der Waals surface area contributed by atoms with E-state index in [1.54, 1.807) is 0 Å². The Morgan fingerprint density at radius 2 is 1.38 bits per heavy atom. The smallest absolute Gasteiger partial charge is 0.200 e. The summed E-state index contributed by atoms with van der Waals surface area (Å²) in [5, 5.41) is 0. The van der Waals surface area contributed by atoms with Crippen molar-refractivity contribution in [3.63, 3.8) is 0 Å². The Hall–Kier alpha value is -1.21. The summed E-state index contributed by atoms with van der Waals surface area (Å²) >= 11 is 0. The van der Waals surface area contributed by atoms with Crippen LogP contribution in [0.5, 0.6) is 0 Å². The lowest BCUT2D eigenvalue weighted by molar-refractivity contribution is 0.114. The van der Waals surface area contributed by atoms with Crippen molar-refractivity contribution in [3.8, 4) is 0 Å². The van der Waals surface area contributed by atoms with Crippen molar-refractivity contribution in [1.82, 2.24) is 0 Å². The molecule has 0 fully saturated rings. The van der Waals surface area contributed by atoms with Gasteiger partial charge in [-0.25, -0.2) is 0 Å². The van der Waals surface area contributed by atoms with Gasteiger partial charge in [0.2, 0.25) is 0 Å². The molecule has 39 heavy (non-hydrogen) atoms. The van der Waals surface area contributed by atoms with Gasteiger partial charge in [-0.2, -0.15) is 0 Å². The van der Waals surface area contributed by atoms with E-state index in [1.165, 1.54) is 11.1 Å². The van der Waals surface area contributed by atoms with Gasteiger partial charge in [-0.15, -0.1) is 0 Å². The van der Waals surface area contributed by atoms with Gasteiger partial charge >= 0.3 is 0 Å². The van der Waals surface area contributed by atoms with Gasteiger partial charge in [-0.3, -0.25) is 0 Å². The van der Waals surface area contributed by atoms with Crippen LogP contribution in [0.15, 0.2) is 60.7 Å². The van der Waals surface area contributed by atoms with E-state index in [-0.39, 0.29) is 0 Å². The molecule has 4 heteroatoms. The van der Waals surface area contributed by atoms with Crippen LogP contribution in [0.4, 0.5) is 0 Å². The number of hydrogen-bond donors (Lipinski definition) is 0. The topological polar surface area (TPSA) is 18.5 Å². The van der Waals surface area contributed by atoms with E-state index in [2.05, 4.69) is 132 Å². The zero-order valence-electron chi connectivity index (χ0n) is 27.5. The van der Waals surface area contributed by atoms with Crippen molar-refractivity contribution in [1.29, 1.82) is 0 Å². The molecular formula is C35H62O2Si2. The van der Waals surface area contributed by atoms with Crippen molar-refractivity contribution < 1.29 is 8.85 Å². The molecule has 0 saturated heterocycles. The summed E-state index contributed by atoms with van der Waals surface area (Å²) in [6.07, 6.45) is 7.08. The highest BCUT2D eigenvalue weighted by atomic mass is 28.4. The van der Waals surface area contributed by atoms with E-state index < -0.39 is 22.2 Å². The third-order valence-corrected chi connectivity index (χ3v) is 20.0. The fourth-order valence-corrected chi connectivity index (χ4v) is 15.3. The standard InChI is InChI=1S/C35H62O2Si2/c1-14-38(15-2,16-3)37-35(13,24-20-23-34-21-18-17-19-22-34)33(12)26-31(10)25-32(11)27-36-39(28(4)5,29(6)7)30(8)9/h17-23,28-30,32H,10,12,14-16,24-27H2,1-9,11,13H3/b23-20+/t32-,35-/m1/s1. The van der Waals surface area contributed by atoms with Gasteiger partial charge in [-0.1, -0.05) is 130 Å². The highest BCUT2D eigenvalue weighted by Crippen LogP contribution is 2.43. The molecule has 0 spiro atoms. The quantitative estimate of drug-likeness (QED) is 0.122. The highest BCUT2D eigenvalue weighted by Gasteiger charge is 2.45. The average molecular weight is 571 g/mol. The molecule has 1 rings (SSSR count). The van der Waals surface area contributed by atoms with E-state index in [0.717, 1.165) is 49.6 Å². The van der Waals surface area contributed by atoms with Crippen LogP contribution < -0.4 is 0 Å². The first-order valence-corrected chi connectivity index (χ1v) is 20.3. The zero-order chi connectivity index (χ0) is 29.9. The summed E-state index contributed by atoms with van der Waals surface area (Å²) in [4.78, 5) is 0. The second-order valence-corrected chi connectivity index (χ2v) is 23.2. The van der Waals surface area contributed by atoms with Gasteiger partial charge in [-0.05, 0) is 78.0 Å². The van der Waals surface area contributed by atoms with Crippen molar-refractivity contribution in [2.24, 2.45) is 5.92 Å². The van der Waals surface area contributed by atoms with E-state index in [9.17, 15) is 0 Å². The minimum absolute atomic E-state index is 0.392. The lowest BCUT2D eigenvalue weighted by atomic mass is 9.87. The zero-order valence-corrected chi connectivity index (χ0v) is 29.5. The molecular weight excluding hydrogens is 509 g/mol. The summed E-state index contributed by atoms with van der Waals surface area (Å²) in [6, 6.07) is 13.9. The minimum atomic E-state index is -1.86. The van der Waals surface area contributed by atoms with Crippen molar-refractivity contribution >= 4 is 22.7 Å². The number of hydrogen-bond acceptors (Lipinski definition) is 2. The van der Waals surface area contributed by atoms with Crippen LogP contribution in [0.25, 0.3) is 6.08 Å². The normalized spacial score (nSPS) is 15.3. The van der Waals surface area contributed by atoms with Gasteiger partial charge in [0.1, 0.15) is 0 Å². The Morgan fingerprint density at radius 3 is 1.85 bits per heavy atom. The van der Waals surface area contributed by atoms with Gasteiger partial charge in [0.15, 0.2) is 16.6 Å². The minimum Gasteiger partial charge on any atom is -0.416 e. The van der Waals surface area contributed by atoms with Crippen LogP contribution in [0.3, 0.4) is 0 Å². The average Bonchev–Trinajstić information content (AvgIpc) is 2.87. The molecule has 0 saturated carbocycles. The van der Waals surface area contributed by atoms with E-state index in [4.69, 9.17) is 8.85 Å². The largest absolute Gasteiger partial charge is 0.416 e. The van der Waals surface area contributed by atoms with E-state index in [1.807, 2.05) is 0 Å². The van der Waals surface area contributed by atoms with Gasteiger partial charge in [0, 0.05) is 6.61 Å². The van der Waals surface area contributed by atoms with Crippen LogP contribution >= 0.6 is 0 Å². The highest BCUT2D eigenvalue weighted by molar-refractivity contribution is 6.77. The van der Waals surface area contributed by atoms with Crippen molar-refractivity contribution in [3.05, 3.63) is 66.3 Å². The first kappa shape index (κ1) is 35.8. The molecule has 1 aromatic carbocycles. The summed E-state index contributed by atoms with van der Waals surface area (Å²) in [5.74, 6) is 0.439. The van der Waals surface area contributed by atoms with Crippen molar-refractivity contribution in [2.45, 2.75) is 136 Å². The maximum absolute atomic E-state index is 7.18. The van der Waals surface area contributed by atoms with E-state index in [0.29, 0.717) is 22.5 Å². The Kier molecular flexibility index (Phi) is 15.0. The molecule has 0 amide bonds. The van der Waals surface area contributed by atoms with E-state index >= 15 is 0 Å². The molecule has 1 aromatic rings. The lowest BCUT2D eigenvalue weighted by Crippen LogP contribution is -2.48. The molecule has 0 heterocycles. The molecule has 2 atom stereocenters. The Labute approximate surface area is 245 Å². The Morgan fingerprint density at radius 1 is 0.872 bits per heavy atom. The van der Waals surface area contributed by atoms with Gasteiger partial charge in [0.25, 0.3) is 0 Å². The molecule has 2 nitrogen and oxygen atoms in total. The summed E-state index contributed by atoms with van der Waals surface area (Å²) in [6.45, 7) is 35.6. The lowest BCUT2D eigenvalue weighted by Gasteiger charge is -2.43. The van der Waals surface area contributed by atoms with Crippen LogP contribution in [0.1, 0.15) is 101 Å². The molecule has 0 unspecified atom stereocenters. The van der Waals surface area contributed by atoms with Gasteiger partial charge in [0.05, 0.1) is 5.60 Å². The molecule has 0 bridgehead atoms. The second kappa shape index (κ2) is 16.3. The van der Waals surface area contributed by atoms with Crippen LogP contribution in [-0.2, 0) is 8.85 Å². The maximum atomic E-state index is 7.18. The molecule has 0 N–H and O–H groups in total. The molecule has 0 aromatic heterocycles. The monoisotopic (exact) mass is 570 g/mol. The number of benzene rings is 1. The van der Waals surface area contributed by atoms with Crippen molar-refractivity contribution in [2.75, 3.05) is 6.61 Å². The summed E-state index contributed by atoms with van der Waals surface area (Å²) in [5.41, 5.74) is 5.04. The van der Waals surface area contributed by atoms with Gasteiger partial charge < -0.3 is 8.85 Å². The number of rotatable bonds is 19. The van der Waals surface area contributed by atoms with Crippen LogP contribution in [0, 0.1) is 5.92 Å². The maximum Gasteiger partial charge on any atom is 0.200 e. The van der Waals surface area contributed by atoms with Crippen LogP contribution in [-0.4, -0.2) is 28.8 Å². The molecule has 0 radical (unpaired) electrons. The second-order valence-electron chi connectivity index (χ2n) is 13.1. The Balaban J connectivity index is 3.00. The Bertz CT molecular complexity index is 868. The number of allylic oxidation sites excluding steroid dienone is 1. The van der Waals surface area contributed by atoms with Crippen LogP contribution in [0.2, 0.25) is 34.8 Å². The third kappa shape index (κ3) is 9.98. The molecule has 0 aliphatic heterocycles. The molecule has 222 valence electrons. The first-order valence-electron chi connectivity index (χ1n) is 15.6. The SMILES string of the molecule is C=C(CC(=C)[C@@](C)(C/C=C/c1ccccc1)O[Si](CC)(CC)CC)C[C@@H](C)CO[Si](C(C)C)(C(C)C)C(C)C. The summed E-state index contributed by atoms with van der Waals surface area (Å²) in [7, 11) is -3.69. The first-order chi connectivity index (χ1) is 18.2. The molecule has 0 aliphatic rings. The molecule has 0 aliphatic carbocycles. The fourth-order valence-electron chi connectivity index (χ4n) is 6.59. The summed E-state index contributed by atoms with van der Waals surface area (Å²) < 4.78 is 14.1.